The van der Waals surface area contributed by atoms with Crippen LogP contribution in [-0.2, 0) is 6.54 Å². The average molecular weight is 287 g/mol. The summed E-state index contributed by atoms with van der Waals surface area (Å²) in [6.07, 6.45) is 1.83. The number of aliphatic hydroxyl groups is 1. The van der Waals surface area contributed by atoms with E-state index in [-0.39, 0.29) is 18.7 Å². The van der Waals surface area contributed by atoms with Crippen molar-refractivity contribution >= 4 is 5.91 Å². The van der Waals surface area contributed by atoms with Crippen molar-refractivity contribution in [2.75, 3.05) is 6.61 Å². The Morgan fingerprint density at radius 1 is 1.38 bits per heavy atom. The highest BCUT2D eigenvalue weighted by Crippen LogP contribution is 2.10. The van der Waals surface area contributed by atoms with Crippen molar-refractivity contribution in [2.45, 2.75) is 13.0 Å². The summed E-state index contributed by atoms with van der Waals surface area (Å²) >= 11 is 0. The standard InChI is InChI=1S/C16H14FNO3/c17-15-10-12(4-1-2-8-19)6-7-14(15)16(20)18-11-13-5-3-9-21-13/h3,5-7,9-10,19H,2,8,11H2,(H,18,20). The lowest BCUT2D eigenvalue weighted by molar-refractivity contribution is 0.0944. The lowest BCUT2D eigenvalue weighted by Crippen LogP contribution is -2.23. The number of aliphatic hydroxyl groups excluding tert-OH is 1. The number of nitrogens with one attached hydrogen (secondary N) is 1. The summed E-state index contributed by atoms with van der Waals surface area (Å²) in [6.45, 7) is 0.159. The van der Waals surface area contributed by atoms with Crippen molar-refractivity contribution in [1.29, 1.82) is 0 Å². The van der Waals surface area contributed by atoms with E-state index in [4.69, 9.17) is 9.52 Å². The average Bonchev–Trinajstić information content (AvgIpc) is 2.98. The third kappa shape index (κ3) is 4.20. The molecule has 2 N–H and O–H groups in total. The number of carbonyl (C=O) groups excluding carboxylic acids is 1. The van der Waals surface area contributed by atoms with Gasteiger partial charge >= 0.3 is 0 Å². The third-order valence-electron chi connectivity index (χ3n) is 2.69. The fourth-order valence-corrected chi connectivity index (χ4v) is 1.67. The largest absolute Gasteiger partial charge is 0.467 e. The molecule has 0 aliphatic carbocycles. The molecule has 2 rings (SSSR count). The number of amides is 1. The predicted octanol–water partition coefficient (Wildman–Crippen LogP) is 2.08. The quantitative estimate of drug-likeness (QED) is 0.846. The van der Waals surface area contributed by atoms with Gasteiger partial charge in [0.2, 0.25) is 0 Å². The maximum Gasteiger partial charge on any atom is 0.254 e. The summed E-state index contributed by atoms with van der Waals surface area (Å²) in [4.78, 5) is 11.9. The van der Waals surface area contributed by atoms with E-state index >= 15 is 0 Å². The van der Waals surface area contributed by atoms with Crippen molar-refractivity contribution in [3.63, 3.8) is 0 Å². The molecule has 108 valence electrons. The van der Waals surface area contributed by atoms with E-state index in [2.05, 4.69) is 17.2 Å². The molecule has 1 aromatic heterocycles. The molecule has 0 saturated carbocycles. The molecule has 0 bridgehead atoms. The summed E-state index contributed by atoms with van der Waals surface area (Å²) in [5.74, 6) is 4.84. The Kier molecular flexibility index (Phi) is 5.13. The van der Waals surface area contributed by atoms with E-state index in [1.165, 1.54) is 18.4 Å². The van der Waals surface area contributed by atoms with Gasteiger partial charge in [0, 0.05) is 12.0 Å². The Hall–Kier alpha value is -2.58. The van der Waals surface area contributed by atoms with Gasteiger partial charge in [0.1, 0.15) is 11.6 Å². The first-order chi connectivity index (χ1) is 10.2. The van der Waals surface area contributed by atoms with Crippen LogP contribution >= 0.6 is 0 Å². The summed E-state index contributed by atoms with van der Waals surface area (Å²) in [6, 6.07) is 7.58. The lowest BCUT2D eigenvalue weighted by atomic mass is 10.1. The number of halogens is 1. The molecule has 21 heavy (non-hydrogen) atoms. The van der Waals surface area contributed by atoms with Gasteiger partial charge in [-0.1, -0.05) is 11.8 Å². The molecule has 0 aliphatic heterocycles. The molecular weight excluding hydrogens is 273 g/mol. The Bertz CT molecular complexity index is 669. The molecule has 5 heteroatoms. The highest BCUT2D eigenvalue weighted by molar-refractivity contribution is 5.94. The van der Waals surface area contributed by atoms with Crippen molar-refractivity contribution in [3.8, 4) is 11.8 Å². The van der Waals surface area contributed by atoms with Gasteiger partial charge in [-0.2, -0.15) is 0 Å². The van der Waals surface area contributed by atoms with Crippen molar-refractivity contribution < 1.29 is 18.7 Å². The predicted molar refractivity (Wildman–Crippen MR) is 74.9 cm³/mol. The molecule has 0 spiro atoms. The molecular formula is C16H14FNO3. The first kappa shape index (κ1) is 14.8. The van der Waals surface area contributed by atoms with Crippen molar-refractivity contribution in [2.24, 2.45) is 0 Å². The fraction of sp³-hybridized carbons (Fsp3) is 0.188. The SMILES string of the molecule is O=C(NCc1ccco1)c1ccc(C#CCCO)cc1F. The van der Waals surface area contributed by atoms with E-state index in [9.17, 15) is 9.18 Å². The molecule has 1 aromatic carbocycles. The Balaban J connectivity index is 2.03. The minimum atomic E-state index is -0.636. The van der Waals surface area contributed by atoms with Crippen LogP contribution < -0.4 is 5.32 Å². The van der Waals surface area contributed by atoms with Crippen LogP contribution in [-0.4, -0.2) is 17.6 Å². The van der Waals surface area contributed by atoms with Crippen LogP contribution in [0.3, 0.4) is 0 Å². The van der Waals surface area contributed by atoms with Crippen LogP contribution in [0, 0.1) is 17.7 Å². The first-order valence-corrected chi connectivity index (χ1v) is 6.40. The molecule has 0 atom stereocenters. The van der Waals surface area contributed by atoms with Crippen LogP contribution in [0.1, 0.15) is 28.1 Å². The third-order valence-corrected chi connectivity index (χ3v) is 2.69. The van der Waals surface area contributed by atoms with Crippen LogP contribution in [0.25, 0.3) is 0 Å². The second kappa shape index (κ2) is 7.27. The number of carbonyl (C=O) groups is 1. The smallest absolute Gasteiger partial charge is 0.254 e. The van der Waals surface area contributed by atoms with E-state index in [0.717, 1.165) is 0 Å². The molecule has 0 saturated heterocycles. The zero-order chi connectivity index (χ0) is 15.1. The summed E-state index contributed by atoms with van der Waals surface area (Å²) in [5, 5.41) is 11.2. The van der Waals surface area contributed by atoms with Gasteiger partial charge < -0.3 is 14.8 Å². The maximum absolute atomic E-state index is 13.9. The second-order valence-corrected chi connectivity index (χ2v) is 4.23. The molecule has 0 radical (unpaired) electrons. The molecule has 1 amide bonds. The molecule has 0 unspecified atom stereocenters. The van der Waals surface area contributed by atoms with Crippen LogP contribution in [0.5, 0.6) is 0 Å². The molecule has 0 aliphatic rings. The Morgan fingerprint density at radius 2 is 2.24 bits per heavy atom. The minimum Gasteiger partial charge on any atom is -0.467 e. The fourth-order valence-electron chi connectivity index (χ4n) is 1.67. The van der Waals surface area contributed by atoms with Gasteiger partial charge in [0.25, 0.3) is 5.91 Å². The molecule has 4 nitrogen and oxygen atoms in total. The maximum atomic E-state index is 13.9. The van der Waals surface area contributed by atoms with E-state index in [1.807, 2.05) is 0 Å². The topological polar surface area (TPSA) is 62.5 Å². The monoisotopic (exact) mass is 287 g/mol. The number of benzene rings is 1. The number of rotatable bonds is 4. The molecule has 0 fully saturated rings. The Labute approximate surface area is 121 Å². The van der Waals surface area contributed by atoms with Gasteiger partial charge in [-0.15, -0.1) is 0 Å². The Morgan fingerprint density at radius 3 is 2.90 bits per heavy atom. The van der Waals surface area contributed by atoms with Crippen LogP contribution in [0.15, 0.2) is 41.0 Å². The van der Waals surface area contributed by atoms with Gasteiger partial charge in [0.05, 0.1) is 25.0 Å². The van der Waals surface area contributed by atoms with Crippen molar-refractivity contribution in [3.05, 3.63) is 59.3 Å². The van der Waals surface area contributed by atoms with Crippen molar-refractivity contribution in [1.82, 2.24) is 5.32 Å². The summed E-state index contributed by atoms with van der Waals surface area (Å²) in [5.41, 5.74) is 0.415. The number of hydrogen-bond donors (Lipinski definition) is 2. The normalized spacial score (nSPS) is 9.81. The van der Waals surface area contributed by atoms with Gasteiger partial charge in [-0.25, -0.2) is 4.39 Å². The van der Waals surface area contributed by atoms with Gasteiger partial charge in [-0.3, -0.25) is 4.79 Å². The summed E-state index contributed by atoms with van der Waals surface area (Å²) < 4.78 is 19.0. The highest BCUT2D eigenvalue weighted by Gasteiger charge is 2.12. The second-order valence-electron chi connectivity index (χ2n) is 4.23. The minimum absolute atomic E-state index is 0.0389. The lowest BCUT2D eigenvalue weighted by Gasteiger charge is -2.05. The molecule has 2 aromatic rings. The van der Waals surface area contributed by atoms with E-state index < -0.39 is 11.7 Å². The van der Waals surface area contributed by atoms with Crippen LogP contribution in [0.2, 0.25) is 0 Å². The van der Waals surface area contributed by atoms with E-state index in [0.29, 0.717) is 17.7 Å². The van der Waals surface area contributed by atoms with Crippen LogP contribution in [0.4, 0.5) is 4.39 Å². The van der Waals surface area contributed by atoms with Gasteiger partial charge in [-0.05, 0) is 30.3 Å². The highest BCUT2D eigenvalue weighted by atomic mass is 19.1. The number of furan rings is 1. The number of hydrogen-bond acceptors (Lipinski definition) is 3. The zero-order valence-corrected chi connectivity index (χ0v) is 11.2. The van der Waals surface area contributed by atoms with Gasteiger partial charge in [0.15, 0.2) is 0 Å². The zero-order valence-electron chi connectivity index (χ0n) is 11.2. The first-order valence-electron chi connectivity index (χ1n) is 6.40. The van der Waals surface area contributed by atoms with E-state index in [1.54, 1.807) is 18.2 Å². The molecule has 1 heterocycles. The summed E-state index contributed by atoms with van der Waals surface area (Å²) in [7, 11) is 0.